The van der Waals surface area contributed by atoms with Crippen LogP contribution >= 0.6 is 0 Å². The largest absolute Gasteiger partial charge is 3.00 e. The van der Waals surface area contributed by atoms with E-state index < -0.39 is 0 Å². The van der Waals surface area contributed by atoms with Gasteiger partial charge >= 0.3 is 34.1 Å². The molecule has 0 N–H and O–H groups in total. The molecular formula is C32H28Fe2N4O5. The summed E-state index contributed by atoms with van der Waals surface area (Å²) in [6.07, 6.45) is 6.22. The molecule has 0 aliphatic carbocycles. The number of para-hydroxylation sites is 4. The van der Waals surface area contributed by atoms with Crippen molar-refractivity contribution in [1.82, 2.24) is 0 Å². The number of hydrogen-bond acceptors (Lipinski definition) is 8. The van der Waals surface area contributed by atoms with E-state index in [1.54, 1.807) is 97.7 Å². The quantitative estimate of drug-likeness (QED) is 0.145. The van der Waals surface area contributed by atoms with E-state index in [1.165, 1.54) is 24.3 Å². The van der Waals surface area contributed by atoms with Gasteiger partial charge in [0, 0.05) is 24.9 Å². The smallest absolute Gasteiger partial charge is 2.00 e. The van der Waals surface area contributed by atoms with Gasteiger partial charge in [-0.25, -0.2) is 0 Å². The Morgan fingerprint density at radius 1 is 0.372 bits per heavy atom. The molecule has 0 aromatic heterocycles. The summed E-state index contributed by atoms with van der Waals surface area (Å²) in [5.41, 5.74) is 2.28. The molecule has 43 heavy (non-hydrogen) atoms. The molecule has 2 radical (unpaired) electrons. The van der Waals surface area contributed by atoms with Gasteiger partial charge in [0.1, 0.15) is 0 Å². The minimum absolute atomic E-state index is 0. The number of benzene rings is 4. The van der Waals surface area contributed by atoms with Gasteiger partial charge in [0.05, 0.1) is 26.2 Å². The summed E-state index contributed by atoms with van der Waals surface area (Å²) in [4.78, 5) is 16.6. The maximum absolute atomic E-state index is 11.4. The Morgan fingerprint density at radius 2 is 0.558 bits per heavy atom. The first-order chi connectivity index (χ1) is 19.5. The molecule has 0 bridgehead atoms. The van der Waals surface area contributed by atoms with E-state index in [0.717, 1.165) is 0 Å². The van der Waals surface area contributed by atoms with Crippen LogP contribution in [-0.4, -0.2) is 51.0 Å². The maximum atomic E-state index is 11.4. The molecule has 0 spiro atoms. The van der Waals surface area contributed by atoms with E-state index >= 15 is 0 Å². The van der Waals surface area contributed by atoms with Gasteiger partial charge in [-0.1, -0.05) is 97.1 Å². The Kier molecular flexibility index (Phi) is 20.2. The van der Waals surface area contributed by atoms with Crippen LogP contribution in [0.1, 0.15) is 22.3 Å². The van der Waals surface area contributed by atoms with Gasteiger partial charge in [0.2, 0.25) is 0 Å². The second-order valence-electron chi connectivity index (χ2n) is 8.29. The summed E-state index contributed by atoms with van der Waals surface area (Å²) >= 11 is 0. The molecule has 0 unspecified atom stereocenters. The van der Waals surface area contributed by atoms with Crippen molar-refractivity contribution in [3.8, 4) is 23.0 Å². The second-order valence-corrected chi connectivity index (χ2v) is 8.29. The Bertz CT molecular complexity index is 1260. The molecule has 0 amide bonds. The van der Waals surface area contributed by atoms with Crippen molar-refractivity contribution in [3.05, 3.63) is 119 Å². The first-order valence-corrected chi connectivity index (χ1v) is 12.6. The van der Waals surface area contributed by atoms with Gasteiger partial charge in [-0.15, -0.1) is 23.0 Å². The number of rotatable bonds is 10. The van der Waals surface area contributed by atoms with E-state index in [0.29, 0.717) is 48.4 Å². The SMILES string of the molecule is [Fe+3].[Fe+3].[O-2].[O-]c1ccccc1C=NCCN=Cc1ccccc1[O-].[O-]c1ccccc1C=NCCN=Cc1ccccc1[O-]. The van der Waals surface area contributed by atoms with E-state index in [1.807, 2.05) is 0 Å². The number of aliphatic imine (C=N–C) groups is 4. The Labute approximate surface area is 272 Å². The average molecular weight is 660 g/mol. The maximum Gasteiger partial charge on any atom is 3.00 e. The molecule has 9 nitrogen and oxygen atoms in total. The van der Waals surface area contributed by atoms with E-state index in [9.17, 15) is 20.4 Å². The molecular weight excluding hydrogens is 632 g/mol. The van der Waals surface area contributed by atoms with Crippen LogP contribution < -0.4 is 20.4 Å². The molecule has 0 aliphatic heterocycles. The first-order valence-electron chi connectivity index (χ1n) is 12.6. The summed E-state index contributed by atoms with van der Waals surface area (Å²) in [5, 5.41) is 45.6. The minimum atomic E-state index is -0.0416. The zero-order valence-electron chi connectivity index (χ0n) is 22.9. The van der Waals surface area contributed by atoms with Crippen LogP contribution in [0.5, 0.6) is 23.0 Å². The molecule has 0 aliphatic rings. The Hall–Kier alpha value is -4.24. The van der Waals surface area contributed by atoms with Crippen LogP contribution in [0.4, 0.5) is 0 Å². The van der Waals surface area contributed by atoms with Crippen molar-refractivity contribution in [2.45, 2.75) is 0 Å². The molecule has 4 aromatic rings. The van der Waals surface area contributed by atoms with Gasteiger partial charge in [0.15, 0.2) is 0 Å². The van der Waals surface area contributed by atoms with Crippen LogP contribution in [0.3, 0.4) is 0 Å². The van der Waals surface area contributed by atoms with Gasteiger partial charge in [-0.3, -0.25) is 20.0 Å². The van der Waals surface area contributed by atoms with Crippen molar-refractivity contribution < 1.29 is 60.0 Å². The fourth-order valence-corrected chi connectivity index (χ4v) is 3.23. The summed E-state index contributed by atoms with van der Waals surface area (Å²) in [5.74, 6) is -0.167. The molecule has 222 valence electrons. The molecule has 0 saturated heterocycles. The van der Waals surface area contributed by atoms with E-state index in [4.69, 9.17) is 0 Å². The van der Waals surface area contributed by atoms with Gasteiger partial charge in [-0.2, -0.15) is 0 Å². The fraction of sp³-hybridized carbons (Fsp3) is 0.125. The predicted molar refractivity (Wildman–Crippen MR) is 154 cm³/mol. The van der Waals surface area contributed by atoms with Crippen molar-refractivity contribution in [3.63, 3.8) is 0 Å². The Morgan fingerprint density at radius 3 is 0.744 bits per heavy atom. The minimum Gasteiger partial charge on any atom is -2.00 e. The third kappa shape index (κ3) is 14.5. The molecule has 4 aromatic carbocycles. The van der Waals surface area contributed by atoms with E-state index in [2.05, 4.69) is 20.0 Å². The van der Waals surface area contributed by atoms with Gasteiger partial charge in [-0.05, 0) is 22.3 Å². The van der Waals surface area contributed by atoms with Crippen LogP contribution in [0.15, 0.2) is 117 Å². The normalized spacial score (nSPS) is 10.6. The van der Waals surface area contributed by atoms with Crippen molar-refractivity contribution in [1.29, 1.82) is 0 Å². The third-order valence-corrected chi connectivity index (χ3v) is 5.31. The summed E-state index contributed by atoms with van der Waals surface area (Å²) in [6, 6.07) is 26.9. The summed E-state index contributed by atoms with van der Waals surface area (Å²) < 4.78 is 0. The van der Waals surface area contributed by atoms with Gasteiger partial charge < -0.3 is 25.9 Å². The molecule has 0 heterocycles. The van der Waals surface area contributed by atoms with Crippen LogP contribution in [-0.2, 0) is 39.6 Å². The summed E-state index contributed by atoms with van der Waals surface area (Å²) in [6.45, 7) is 1.91. The Balaban J connectivity index is 0.000000767. The van der Waals surface area contributed by atoms with Crippen LogP contribution in [0.2, 0.25) is 0 Å². The topological polar surface area (TPSA) is 170 Å². The molecule has 0 fully saturated rings. The first kappa shape index (κ1) is 38.8. The van der Waals surface area contributed by atoms with Crippen molar-refractivity contribution in [2.24, 2.45) is 20.0 Å². The van der Waals surface area contributed by atoms with Crippen LogP contribution in [0, 0.1) is 0 Å². The van der Waals surface area contributed by atoms with Crippen molar-refractivity contribution in [2.75, 3.05) is 26.2 Å². The number of hydrogen-bond donors (Lipinski definition) is 0. The molecule has 4 rings (SSSR count). The molecule has 0 atom stereocenters. The molecule has 11 heteroatoms. The van der Waals surface area contributed by atoms with Gasteiger partial charge in [0.25, 0.3) is 0 Å². The summed E-state index contributed by atoms with van der Waals surface area (Å²) in [7, 11) is 0. The third-order valence-electron chi connectivity index (χ3n) is 5.31. The molecule has 0 saturated carbocycles. The number of nitrogens with zero attached hydrogens (tertiary/aromatic N) is 4. The zero-order chi connectivity index (χ0) is 28.4. The average Bonchev–Trinajstić information content (AvgIpc) is 2.96. The second kappa shape index (κ2) is 22.4. The van der Waals surface area contributed by atoms with Crippen molar-refractivity contribution >= 4 is 24.9 Å². The standard InChI is InChI=1S/2C16H16N2O2.2Fe.O/c2*19-15-7-3-1-5-13(15)11-17-9-10-18-12-14-6-2-4-8-16(14)20;;;/h2*1-8,11-12,19-20H,9-10H2;;;/q;;2*+3;-2/p-4. The van der Waals surface area contributed by atoms with E-state index in [-0.39, 0.29) is 62.6 Å². The zero-order valence-corrected chi connectivity index (χ0v) is 25.1. The van der Waals surface area contributed by atoms with Crippen LogP contribution in [0.25, 0.3) is 0 Å². The monoisotopic (exact) mass is 660 g/mol. The fourth-order valence-electron chi connectivity index (χ4n) is 3.23. The predicted octanol–water partition coefficient (Wildman–Crippen LogP) is 2.62.